The van der Waals surface area contributed by atoms with E-state index < -0.39 is 0 Å². The van der Waals surface area contributed by atoms with Crippen LogP contribution in [-0.2, 0) is 9.47 Å². The average Bonchev–Trinajstić information content (AvgIpc) is 2.04. The largest absolute Gasteiger partial charge is 0.380 e. The fraction of sp³-hybridized carbons (Fsp3) is 1.00. The Morgan fingerprint density at radius 2 is 1.64 bits per heavy atom. The summed E-state index contributed by atoms with van der Waals surface area (Å²) >= 11 is 3.48. The minimum Gasteiger partial charge on any atom is -0.380 e. The molecular weight excluding hydrogens is 244 g/mol. The predicted octanol–water partition coefficient (Wildman–Crippen LogP) is 3.24. The Morgan fingerprint density at radius 1 is 1.14 bits per heavy atom. The van der Waals surface area contributed by atoms with Crippen molar-refractivity contribution >= 4 is 15.9 Å². The Labute approximate surface area is 96.5 Å². The van der Waals surface area contributed by atoms with Gasteiger partial charge in [0.2, 0.25) is 0 Å². The topological polar surface area (TPSA) is 18.5 Å². The van der Waals surface area contributed by atoms with E-state index in [2.05, 4.69) is 43.6 Å². The van der Waals surface area contributed by atoms with Gasteiger partial charge in [0.15, 0.2) is 0 Å². The molecule has 0 amide bonds. The molecule has 0 N–H and O–H groups in total. The van der Waals surface area contributed by atoms with Gasteiger partial charge in [-0.25, -0.2) is 0 Å². The van der Waals surface area contributed by atoms with Gasteiger partial charge in [0.05, 0.1) is 11.7 Å². The van der Waals surface area contributed by atoms with Crippen molar-refractivity contribution in [2.45, 2.75) is 45.8 Å². The van der Waals surface area contributed by atoms with E-state index in [0.29, 0.717) is 0 Å². The molecule has 0 aliphatic heterocycles. The second-order valence-corrected chi connectivity index (χ2v) is 5.66. The molecule has 0 rings (SSSR count). The summed E-state index contributed by atoms with van der Waals surface area (Å²) in [6.07, 6.45) is 1.19. The van der Waals surface area contributed by atoms with Crippen LogP contribution >= 0.6 is 15.9 Å². The van der Waals surface area contributed by atoms with Crippen LogP contribution in [0.15, 0.2) is 0 Å². The van der Waals surface area contributed by atoms with Crippen molar-refractivity contribution in [2.24, 2.45) is 5.41 Å². The molecule has 0 aliphatic rings. The van der Waals surface area contributed by atoms with Crippen molar-refractivity contribution in [2.75, 3.05) is 19.5 Å². The molecule has 0 saturated heterocycles. The monoisotopic (exact) mass is 266 g/mol. The molecule has 86 valence electrons. The highest BCUT2D eigenvalue weighted by Crippen LogP contribution is 2.34. The van der Waals surface area contributed by atoms with E-state index in [9.17, 15) is 0 Å². The van der Waals surface area contributed by atoms with Gasteiger partial charge in [0, 0.05) is 19.5 Å². The average molecular weight is 267 g/mol. The summed E-state index contributed by atoms with van der Waals surface area (Å²) in [5.41, 5.74) is 0.0141. The standard InChI is InChI=1S/C11H23BrO2/c1-10(2,9(7-12)13-5)8-11(3,4)14-6/h9H,7-8H2,1-6H3. The zero-order chi connectivity index (χ0) is 11.4. The van der Waals surface area contributed by atoms with E-state index in [1.807, 2.05) is 0 Å². The van der Waals surface area contributed by atoms with Gasteiger partial charge in [-0.05, 0) is 25.7 Å². The van der Waals surface area contributed by atoms with Gasteiger partial charge in [0.25, 0.3) is 0 Å². The minimum absolute atomic E-state index is 0.0948. The van der Waals surface area contributed by atoms with E-state index in [1.165, 1.54) is 0 Å². The van der Waals surface area contributed by atoms with Crippen molar-refractivity contribution in [3.63, 3.8) is 0 Å². The molecule has 0 aromatic heterocycles. The molecule has 1 unspecified atom stereocenters. The summed E-state index contributed by atoms with van der Waals surface area (Å²) in [4.78, 5) is 0. The van der Waals surface area contributed by atoms with E-state index in [-0.39, 0.29) is 17.1 Å². The van der Waals surface area contributed by atoms with Gasteiger partial charge in [-0.3, -0.25) is 0 Å². The fourth-order valence-electron chi connectivity index (χ4n) is 1.87. The summed E-state index contributed by atoms with van der Waals surface area (Å²) < 4.78 is 10.9. The first-order valence-corrected chi connectivity index (χ1v) is 6.05. The van der Waals surface area contributed by atoms with Crippen LogP contribution in [0.1, 0.15) is 34.1 Å². The highest BCUT2D eigenvalue weighted by molar-refractivity contribution is 9.09. The second-order valence-electron chi connectivity index (χ2n) is 5.01. The molecule has 0 aromatic rings. The van der Waals surface area contributed by atoms with E-state index in [1.54, 1.807) is 14.2 Å². The van der Waals surface area contributed by atoms with Crippen LogP contribution < -0.4 is 0 Å². The van der Waals surface area contributed by atoms with Gasteiger partial charge >= 0.3 is 0 Å². The molecule has 3 heteroatoms. The maximum Gasteiger partial charge on any atom is 0.0719 e. The second kappa shape index (κ2) is 5.47. The van der Waals surface area contributed by atoms with Crippen molar-refractivity contribution in [3.05, 3.63) is 0 Å². The van der Waals surface area contributed by atoms with Gasteiger partial charge < -0.3 is 9.47 Å². The Morgan fingerprint density at radius 3 is 1.93 bits per heavy atom. The maximum atomic E-state index is 5.45. The number of hydrogen-bond donors (Lipinski definition) is 0. The van der Waals surface area contributed by atoms with Crippen LogP contribution in [0.25, 0.3) is 0 Å². The smallest absolute Gasteiger partial charge is 0.0719 e. The molecule has 1 atom stereocenters. The van der Waals surface area contributed by atoms with Crippen molar-refractivity contribution in [1.82, 2.24) is 0 Å². The Hall–Kier alpha value is 0.400. The summed E-state index contributed by atoms with van der Waals surface area (Å²) in [5, 5.41) is 0.857. The molecule has 0 bridgehead atoms. The van der Waals surface area contributed by atoms with Gasteiger partial charge in [-0.2, -0.15) is 0 Å². The fourth-order valence-corrected chi connectivity index (χ4v) is 3.01. The lowest BCUT2D eigenvalue weighted by Crippen LogP contribution is -2.39. The molecule has 0 aliphatic carbocycles. The van der Waals surface area contributed by atoms with Crippen LogP contribution in [0.5, 0.6) is 0 Å². The lowest BCUT2D eigenvalue weighted by atomic mass is 9.78. The molecule has 14 heavy (non-hydrogen) atoms. The number of hydrogen-bond acceptors (Lipinski definition) is 2. The van der Waals surface area contributed by atoms with Crippen LogP contribution in [0.4, 0.5) is 0 Å². The van der Waals surface area contributed by atoms with Crippen molar-refractivity contribution < 1.29 is 9.47 Å². The lowest BCUT2D eigenvalue weighted by Gasteiger charge is -2.38. The third-order valence-electron chi connectivity index (χ3n) is 2.73. The first kappa shape index (κ1) is 14.4. The number of ether oxygens (including phenoxy) is 2. The third-order valence-corrected chi connectivity index (χ3v) is 3.32. The maximum absolute atomic E-state index is 5.45. The van der Waals surface area contributed by atoms with E-state index >= 15 is 0 Å². The van der Waals surface area contributed by atoms with Gasteiger partial charge in [0.1, 0.15) is 0 Å². The Bertz CT molecular complexity index is 163. The number of halogens is 1. The van der Waals surface area contributed by atoms with Gasteiger partial charge in [-0.15, -0.1) is 0 Å². The Balaban J connectivity index is 4.45. The van der Waals surface area contributed by atoms with Crippen LogP contribution in [-0.4, -0.2) is 31.3 Å². The quantitative estimate of drug-likeness (QED) is 0.688. The minimum atomic E-state index is -0.0948. The predicted molar refractivity (Wildman–Crippen MR) is 64.1 cm³/mol. The third kappa shape index (κ3) is 4.28. The highest BCUT2D eigenvalue weighted by atomic mass is 79.9. The normalized spacial score (nSPS) is 15.6. The van der Waals surface area contributed by atoms with Crippen LogP contribution in [0.2, 0.25) is 0 Å². The molecule has 0 spiro atoms. The number of methoxy groups -OCH3 is 2. The summed E-state index contributed by atoms with van der Waals surface area (Å²) in [5.74, 6) is 0. The highest BCUT2D eigenvalue weighted by Gasteiger charge is 2.35. The molecule has 0 heterocycles. The molecule has 0 aromatic carbocycles. The first-order chi connectivity index (χ1) is 6.29. The molecule has 0 fully saturated rings. The molecular formula is C11H23BrO2. The zero-order valence-electron chi connectivity index (χ0n) is 10.2. The number of alkyl halides is 1. The summed E-state index contributed by atoms with van der Waals surface area (Å²) in [6.45, 7) is 8.64. The lowest BCUT2D eigenvalue weighted by molar-refractivity contribution is -0.0556. The van der Waals surface area contributed by atoms with E-state index in [4.69, 9.17) is 9.47 Å². The molecule has 2 nitrogen and oxygen atoms in total. The van der Waals surface area contributed by atoms with Gasteiger partial charge in [-0.1, -0.05) is 29.8 Å². The van der Waals surface area contributed by atoms with Crippen molar-refractivity contribution in [1.29, 1.82) is 0 Å². The summed E-state index contributed by atoms with van der Waals surface area (Å²) in [6, 6.07) is 0. The molecule has 0 saturated carbocycles. The summed E-state index contributed by atoms with van der Waals surface area (Å²) in [7, 11) is 3.51. The van der Waals surface area contributed by atoms with Crippen molar-refractivity contribution in [3.8, 4) is 0 Å². The first-order valence-electron chi connectivity index (χ1n) is 4.93. The number of rotatable bonds is 6. The van der Waals surface area contributed by atoms with Crippen LogP contribution in [0.3, 0.4) is 0 Å². The van der Waals surface area contributed by atoms with E-state index in [0.717, 1.165) is 11.8 Å². The molecule has 0 radical (unpaired) electrons. The van der Waals surface area contributed by atoms with Crippen LogP contribution in [0, 0.1) is 5.41 Å². The Kier molecular flexibility index (Phi) is 5.63. The zero-order valence-corrected chi connectivity index (χ0v) is 11.8. The SMILES string of the molecule is COC(CBr)C(C)(C)CC(C)(C)OC.